The Bertz CT molecular complexity index is 170. The monoisotopic (exact) mass is 374 g/mol. The minimum Gasteiger partial charge on any atom is -0.314 e. The van der Waals surface area contributed by atoms with Crippen molar-refractivity contribution in [3.8, 4) is 0 Å². The van der Waals surface area contributed by atoms with Gasteiger partial charge in [-0.1, -0.05) is 0 Å². The van der Waals surface area contributed by atoms with Gasteiger partial charge in [-0.25, -0.2) is 0 Å². The topological polar surface area (TPSA) is 24.1 Å². The van der Waals surface area contributed by atoms with Crippen LogP contribution in [-0.2, 0) is 0 Å². The van der Waals surface area contributed by atoms with Crippen LogP contribution in [0.3, 0.4) is 0 Å². The number of hydrogen-bond donors (Lipinski definition) is 2. The van der Waals surface area contributed by atoms with Crippen LogP contribution in [0.5, 0.6) is 0 Å². The third-order valence-corrected chi connectivity index (χ3v) is 6.81. The minimum absolute atomic E-state index is 0.437. The van der Waals surface area contributed by atoms with Gasteiger partial charge in [-0.2, -0.15) is 0 Å². The fourth-order valence-corrected chi connectivity index (χ4v) is 3.98. The summed E-state index contributed by atoms with van der Waals surface area (Å²) in [5.74, 6) is 0. The van der Waals surface area contributed by atoms with Crippen molar-refractivity contribution in [3.05, 3.63) is 0 Å². The average molecular weight is 377 g/mol. The Morgan fingerprint density at radius 2 is 0.611 bits per heavy atom. The highest BCUT2D eigenvalue weighted by atomic mass is 35.5. The quantitative estimate of drug-likeness (QED) is 0.635. The molecule has 0 spiro atoms. The van der Waals surface area contributed by atoms with Crippen molar-refractivity contribution in [2.24, 2.45) is 0 Å². The van der Waals surface area contributed by atoms with Gasteiger partial charge in [-0.15, -0.1) is 69.6 Å². The lowest BCUT2D eigenvalue weighted by molar-refractivity contribution is 0.534. The average Bonchev–Trinajstić information content (AvgIpc) is 2.43. The Labute approximate surface area is 138 Å². The molecule has 1 aliphatic heterocycles. The van der Waals surface area contributed by atoms with E-state index in [-0.39, 0.29) is 0 Å². The molecular formula is C10H16Cl6N2. The highest BCUT2D eigenvalue weighted by Crippen LogP contribution is 2.39. The van der Waals surface area contributed by atoms with E-state index in [1.807, 2.05) is 0 Å². The van der Waals surface area contributed by atoms with Crippen LogP contribution in [0.2, 0.25) is 0 Å². The summed E-state index contributed by atoms with van der Waals surface area (Å²) in [4.78, 5) is 0. The lowest BCUT2D eigenvalue weighted by Gasteiger charge is -2.37. The van der Waals surface area contributed by atoms with Gasteiger partial charge in [0.2, 0.25) is 0 Å². The molecule has 2 rings (SSSR count). The summed E-state index contributed by atoms with van der Waals surface area (Å²) in [6.45, 7) is 4.56. The minimum atomic E-state index is -0.437. The van der Waals surface area contributed by atoms with Crippen LogP contribution in [0.25, 0.3) is 0 Å². The molecule has 0 aromatic rings. The van der Waals surface area contributed by atoms with Gasteiger partial charge in [0.15, 0.2) is 0 Å². The van der Waals surface area contributed by atoms with Gasteiger partial charge in [0.05, 0.1) is 32.3 Å². The van der Waals surface area contributed by atoms with Gasteiger partial charge in [-0.3, -0.25) is 0 Å². The summed E-state index contributed by atoms with van der Waals surface area (Å²) in [5, 5.41) is 3.82. The van der Waals surface area contributed by atoms with Crippen molar-refractivity contribution >= 4 is 69.6 Å². The third kappa shape index (κ3) is 4.89. The second-order valence-electron chi connectivity index (χ2n) is 4.17. The number of alkyl halides is 6. The van der Waals surface area contributed by atoms with Crippen molar-refractivity contribution in [2.45, 2.75) is 32.3 Å². The zero-order chi connectivity index (χ0) is 13.7. The third-order valence-electron chi connectivity index (χ3n) is 2.78. The van der Waals surface area contributed by atoms with E-state index in [9.17, 15) is 0 Å². The van der Waals surface area contributed by atoms with Crippen LogP contribution in [0, 0.1) is 0 Å². The lowest BCUT2D eigenvalue weighted by atomic mass is 9.97. The fourth-order valence-electron chi connectivity index (χ4n) is 1.66. The van der Waals surface area contributed by atoms with E-state index < -0.39 is 32.3 Å². The van der Waals surface area contributed by atoms with Gasteiger partial charge >= 0.3 is 0 Å². The number of rotatable bonds is 0. The first-order valence-corrected chi connectivity index (χ1v) is 8.34. The van der Waals surface area contributed by atoms with Gasteiger partial charge in [0.1, 0.15) is 0 Å². The van der Waals surface area contributed by atoms with Crippen molar-refractivity contribution in [1.29, 1.82) is 0 Å². The Morgan fingerprint density at radius 3 is 0.722 bits per heavy atom. The number of hydrogen-bond acceptors (Lipinski definition) is 2. The Morgan fingerprint density at radius 1 is 0.444 bits per heavy atom. The summed E-state index contributed by atoms with van der Waals surface area (Å²) < 4.78 is 0. The van der Waals surface area contributed by atoms with Gasteiger partial charge in [0.25, 0.3) is 0 Å². The summed E-state index contributed by atoms with van der Waals surface area (Å²) in [5.41, 5.74) is 0. The summed E-state index contributed by atoms with van der Waals surface area (Å²) >= 11 is 35.3. The van der Waals surface area contributed by atoms with Gasteiger partial charge < -0.3 is 10.6 Å². The predicted octanol–water partition coefficient (Wildman–Crippen LogP) is 2.82. The number of piperazine rings is 1. The van der Waals surface area contributed by atoms with E-state index in [1.54, 1.807) is 0 Å². The first-order chi connectivity index (χ1) is 8.46. The van der Waals surface area contributed by atoms with E-state index in [0.717, 1.165) is 26.2 Å². The molecule has 2 aliphatic rings. The lowest BCUT2D eigenvalue weighted by Crippen LogP contribution is -2.52. The van der Waals surface area contributed by atoms with Crippen molar-refractivity contribution in [3.63, 3.8) is 0 Å². The molecular weight excluding hydrogens is 361 g/mol. The molecule has 1 saturated heterocycles. The maximum atomic E-state index is 5.88. The molecule has 0 aromatic carbocycles. The van der Waals surface area contributed by atoms with Crippen LogP contribution in [0.1, 0.15) is 0 Å². The largest absolute Gasteiger partial charge is 0.314 e. The molecule has 0 atom stereocenters. The predicted molar refractivity (Wildman–Crippen MR) is 83.6 cm³/mol. The standard InChI is InChI=1S/C6H6Cl6.C4H10N2/c7-1-2(8)4(10)6(12)5(11)3(1)9;1-2-6-4-3-5-1/h1-6H;5-6H,1-4H2/t1-,2-,3-,4+,5+,6+;. The maximum Gasteiger partial charge on any atom is 0.0693 e. The zero-order valence-corrected chi connectivity index (χ0v) is 14.1. The Hall–Kier alpha value is 1.66. The molecule has 2 fully saturated rings. The molecule has 18 heavy (non-hydrogen) atoms. The summed E-state index contributed by atoms with van der Waals surface area (Å²) in [6, 6.07) is 0. The molecule has 0 radical (unpaired) electrons. The first-order valence-electron chi connectivity index (χ1n) is 5.72. The van der Waals surface area contributed by atoms with Crippen LogP contribution in [0.4, 0.5) is 0 Å². The van der Waals surface area contributed by atoms with Crippen molar-refractivity contribution in [1.82, 2.24) is 10.6 Å². The molecule has 2 nitrogen and oxygen atoms in total. The van der Waals surface area contributed by atoms with Crippen LogP contribution >= 0.6 is 69.6 Å². The highest BCUT2D eigenvalue weighted by molar-refractivity contribution is 6.45. The van der Waals surface area contributed by atoms with E-state index in [2.05, 4.69) is 10.6 Å². The maximum absolute atomic E-state index is 5.88. The van der Waals surface area contributed by atoms with Gasteiger partial charge in [-0.05, 0) is 0 Å². The molecule has 108 valence electrons. The van der Waals surface area contributed by atoms with Crippen LogP contribution in [-0.4, -0.2) is 58.4 Å². The summed E-state index contributed by atoms with van der Waals surface area (Å²) in [6.07, 6.45) is 0. The second kappa shape index (κ2) is 8.84. The zero-order valence-electron chi connectivity index (χ0n) is 9.56. The van der Waals surface area contributed by atoms with E-state index in [1.165, 1.54) is 0 Å². The highest BCUT2D eigenvalue weighted by Gasteiger charge is 2.46. The number of halogens is 6. The molecule has 1 heterocycles. The molecule has 2 N–H and O–H groups in total. The van der Waals surface area contributed by atoms with Gasteiger partial charge in [0, 0.05) is 26.2 Å². The SMILES string of the molecule is C1CNCCN1.Cl[C@H]1[C@H](Cl)[C@@H](Cl)[C@@H](Cl)[C@H](Cl)[C@H]1Cl. The van der Waals surface area contributed by atoms with Crippen LogP contribution < -0.4 is 10.6 Å². The van der Waals surface area contributed by atoms with E-state index >= 15 is 0 Å². The van der Waals surface area contributed by atoms with Crippen molar-refractivity contribution in [2.75, 3.05) is 26.2 Å². The molecule has 1 saturated carbocycles. The fraction of sp³-hybridized carbons (Fsp3) is 1.00. The second-order valence-corrected chi connectivity index (χ2v) is 7.19. The van der Waals surface area contributed by atoms with Crippen molar-refractivity contribution < 1.29 is 0 Å². The molecule has 0 bridgehead atoms. The molecule has 0 amide bonds. The number of nitrogens with one attached hydrogen (secondary N) is 2. The smallest absolute Gasteiger partial charge is 0.0693 e. The first kappa shape index (κ1) is 17.7. The Kier molecular flexibility index (Phi) is 8.70. The normalized spacial score (nSPS) is 45.0. The molecule has 0 aromatic heterocycles. The molecule has 1 aliphatic carbocycles. The Balaban J connectivity index is 0.000000225. The van der Waals surface area contributed by atoms with Crippen LogP contribution in [0.15, 0.2) is 0 Å². The summed E-state index contributed by atoms with van der Waals surface area (Å²) in [7, 11) is 0. The van der Waals surface area contributed by atoms with E-state index in [4.69, 9.17) is 69.6 Å². The molecule has 8 heteroatoms. The van der Waals surface area contributed by atoms with E-state index in [0.29, 0.717) is 0 Å². The molecule has 0 unspecified atom stereocenters.